The second-order valence-corrected chi connectivity index (χ2v) is 7.17. The van der Waals surface area contributed by atoms with Crippen molar-refractivity contribution in [3.63, 3.8) is 0 Å². The maximum atomic E-state index is 5.39. The Bertz CT molecular complexity index is 536. The second kappa shape index (κ2) is 12.4. The fraction of sp³-hybridized carbons (Fsp3) is 0.650. The first-order valence-electron chi connectivity index (χ1n) is 9.53. The first-order valence-corrected chi connectivity index (χ1v) is 9.53. The third-order valence-corrected chi connectivity index (χ3v) is 4.63. The normalized spacial score (nSPS) is 17.4. The van der Waals surface area contributed by atoms with Crippen LogP contribution in [0.5, 0.6) is 0 Å². The summed E-state index contributed by atoms with van der Waals surface area (Å²) >= 11 is 0. The smallest absolute Gasteiger partial charge is 0.191 e. The van der Waals surface area contributed by atoms with E-state index in [1.54, 1.807) is 6.26 Å². The van der Waals surface area contributed by atoms with Crippen LogP contribution in [0.4, 0.5) is 0 Å². The van der Waals surface area contributed by atoms with Crippen molar-refractivity contribution in [2.24, 2.45) is 4.99 Å². The van der Waals surface area contributed by atoms with Gasteiger partial charge in [-0.05, 0) is 45.2 Å². The maximum absolute atomic E-state index is 5.39. The minimum atomic E-state index is 0. The average Bonchev–Trinajstić information content (AvgIpc) is 3.09. The largest absolute Gasteiger partial charge is 0.469 e. The molecule has 0 aliphatic carbocycles. The molecule has 1 aromatic rings. The fourth-order valence-electron chi connectivity index (χ4n) is 3.01. The van der Waals surface area contributed by atoms with Gasteiger partial charge in [-0.15, -0.1) is 24.0 Å². The lowest BCUT2D eigenvalue weighted by Crippen LogP contribution is -2.50. The van der Waals surface area contributed by atoms with Gasteiger partial charge in [-0.25, -0.2) is 0 Å². The van der Waals surface area contributed by atoms with Crippen molar-refractivity contribution in [2.45, 2.75) is 58.5 Å². The van der Waals surface area contributed by atoms with Gasteiger partial charge < -0.3 is 15.1 Å². The summed E-state index contributed by atoms with van der Waals surface area (Å²) < 4.78 is 5.39. The van der Waals surface area contributed by atoms with E-state index in [2.05, 4.69) is 42.9 Å². The van der Waals surface area contributed by atoms with Gasteiger partial charge in [-0.3, -0.25) is 9.89 Å². The van der Waals surface area contributed by atoms with Crippen LogP contribution in [0, 0.1) is 0 Å². The van der Waals surface area contributed by atoms with Gasteiger partial charge >= 0.3 is 0 Å². The van der Waals surface area contributed by atoms with Crippen molar-refractivity contribution in [2.75, 3.05) is 26.2 Å². The number of guanidine groups is 1. The summed E-state index contributed by atoms with van der Waals surface area (Å²) in [7, 11) is 0. The summed E-state index contributed by atoms with van der Waals surface area (Å²) in [5.74, 6) is 1.92. The molecule has 1 aliphatic rings. The van der Waals surface area contributed by atoms with E-state index in [1.807, 2.05) is 12.1 Å². The van der Waals surface area contributed by atoms with Gasteiger partial charge in [0.25, 0.3) is 0 Å². The summed E-state index contributed by atoms with van der Waals surface area (Å²) in [5, 5.41) is 7.15. The molecule has 2 heterocycles. The van der Waals surface area contributed by atoms with Crippen molar-refractivity contribution in [1.82, 2.24) is 15.5 Å². The Balaban J connectivity index is 0.00000338. The molecule has 0 amide bonds. The van der Waals surface area contributed by atoms with E-state index >= 15 is 0 Å². The van der Waals surface area contributed by atoms with Crippen molar-refractivity contribution in [3.8, 4) is 0 Å². The van der Waals surface area contributed by atoms with Crippen molar-refractivity contribution >= 4 is 29.9 Å². The van der Waals surface area contributed by atoms with Crippen LogP contribution in [-0.2, 0) is 6.42 Å². The van der Waals surface area contributed by atoms with Crippen molar-refractivity contribution in [3.05, 3.63) is 36.3 Å². The lowest BCUT2D eigenvalue weighted by Gasteiger charge is -2.33. The van der Waals surface area contributed by atoms with Crippen molar-refractivity contribution < 1.29 is 4.42 Å². The van der Waals surface area contributed by atoms with E-state index in [4.69, 9.17) is 9.41 Å². The molecule has 5 nitrogen and oxygen atoms in total. The monoisotopic (exact) mass is 474 g/mol. The highest BCUT2D eigenvalue weighted by molar-refractivity contribution is 14.0. The first-order chi connectivity index (χ1) is 12.1. The molecular weight excluding hydrogens is 439 g/mol. The second-order valence-electron chi connectivity index (χ2n) is 7.17. The number of likely N-dealkylation sites (tertiary alicyclic amines) is 1. The van der Waals surface area contributed by atoms with Gasteiger partial charge in [0.05, 0.1) is 6.26 Å². The molecule has 0 bridgehead atoms. The zero-order valence-corrected chi connectivity index (χ0v) is 18.8. The molecule has 0 spiro atoms. The molecule has 0 radical (unpaired) electrons. The molecule has 148 valence electrons. The van der Waals surface area contributed by atoms with Gasteiger partial charge in [0.2, 0.25) is 0 Å². The predicted octanol–water partition coefficient (Wildman–Crippen LogP) is 3.81. The molecule has 2 rings (SSSR count). The van der Waals surface area contributed by atoms with Crippen LogP contribution in [0.25, 0.3) is 0 Å². The Kier molecular flexibility index (Phi) is 11.0. The highest BCUT2D eigenvalue weighted by Crippen LogP contribution is 2.11. The third-order valence-electron chi connectivity index (χ3n) is 4.63. The van der Waals surface area contributed by atoms with Crippen molar-refractivity contribution in [1.29, 1.82) is 0 Å². The Morgan fingerprint density at radius 3 is 2.73 bits per heavy atom. The van der Waals surface area contributed by atoms with Gasteiger partial charge in [0.15, 0.2) is 5.96 Å². The molecule has 1 atom stereocenters. The number of halogens is 1. The number of nitrogens with one attached hydrogen (secondary N) is 2. The van der Waals surface area contributed by atoms with Crippen LogP contribution in [-0.4, -0.2) is 49.1 Å². The fourth-order valence-corrected chi connectivity index (χ4v) is 3.01. The molecular formula is C20H35IN4O. The third kappa shape index (κ3) is 8.58. The lowest BCUT2D eigenvalue weighted by molar-refractivity contribution is 0.221. The number of nitrogens with zero attached hydrogens (tertiary/aromatic N) is 2. The summed E-state index contributed by atoms with van der Waals surface area (Å²) in [6.45, 7) is 14.5. The Labute approximate surface area is 175 Å². The topological polar surface area (TPSA) is 52.8 Å². The van der Waals surface area contributed by atoms with E-state index in [0.717, 1.165) is 63.6 Å². The van der Waals surface area contributed by atoms with Crippen LogP contribution < -0.4 is 10.6 Å². The Morgan fingerprint density at radius 1 is 1.42 bits per heavy atom. The van der Waals surface area contributed by atoms with Crippen LogP contribution >= 0.6 is 24.0 Å². The van der Waals surface area contributed by atoms with E-state index in [-0.39, 0.29) is 24.0 Å². The minimum Gasteiger partial charge on any atom is -0.469 e. The summed E-state index contributed by atoms with van der Waals surface area (Å²) in [4.78, 5) is 7.24. The quantitative estimate of drug-likeness (QED) is 0.261. The molecule has 2 N–H and O–H groups in total. The van der Waals surface area contributed by atoms with E-state index in [0.29, 0.717) is 12.1 Å². The van der Waals surface area contributed by atoms with E-state index in [9.17, 15) is 0 Å². The predicted molar refractivity (Wildman–Crippen MR) is 120 cm³/mol. The molecule has 1 aliphatic heterocycles. The van der Waals surface area contributed by atoms with Gasteiger partial charge in [-0.2, -0.15) is 0 Å². The Hall–Kier alpha value is -1.02. The number of furan rings is 1. The summed E-state index contributed by atoms with van der Waals surface area (Å²) in [6.07, 6.45) is 5.92. The molecule has 0 aromatic carbocycles. The molecule has 0 saturated carbocycles. The number of piperidine rings is 1. The summed E-state index contributed by atoms with van der Waals surface area (Å²) in [6, 6.07) is 4.83. The molecule has 1 fully saturated rings. The van der Waals surface area contributed by atoms with Crippen LogP contribution in [0.2, 0.25) is 0 Å². The average molecular weight is 474 g/mol. The zero-order chi connectivity index (χ0) is 18.1. The zero-order valence-electron chi connectivity index (χ0n) is 16.5. The highest BCUT2D eigenvalue weighted by Gasteiger charge is 2.20. The van der Waals surface area contributed by atoms with Gasteiger partial charge in [0.1, 0.15) is 5.76 Å². The molecule has 26 heavy (non-hydrogen) atoms. The van der Waals surface area contributed by atoms with Gasteiger partial charge in [-0.1, -0.05) is 19.1 Å². The minimum absolute atomic E-state index is 0. The van der Waals surface area contributed by atoms with E-state index < -0.39 is 0 Å². The van der Waals surface area contributed by atoms with Crippen LogP contribution in [0.1, 0.15) is 45.8 Å². The van der Waals surface area contributed by atoms with Crippen LogP contribution in [0.15, 0.2) is 40.0 Å². The molecule has 6 heteroatoms. The summed E-state index contributed by atoms with van der Waals surface area (Å²) in [5.41, 5.74) is 1.24. The van der Waals surface area contributed by atoms with Gasteiger partial charge in [0, 0.05) is 44.7 Å². The maximum Gasteiger partial charge on any atom is 0.191 e. The molecule has 1 unspecified atom stereocenters. The SMILES string of the molecule is C=C(C)CN1CCC(NC(=NCCc2ccco2)NC(C)CC)CC1.I. The Morgan fingerprint density at radius 2 is 2.15 bits per heavy atom. The number of hydrogen-bond donors (Lipinski definition) is 2. The molecule has 1 aromatic heterocycles. The van der Waals surface area contributed by atoms with E-state index in [1.165, 1.54) is 5.57 Å². The van der Waals surface area contributed by atoms with Crippen LogP contribution in [0.3, 0.4) is 0 Å². The number of hydrogen-bond acceptors (Lipinski definition) is 3. The standard InChI is InChI=1S/C20H34N4O.HI/c1-5-17(4)22-20(21-11-8-19-7-6-14-25-19)23-18-9-12-24(13-10-18)15-16(2)3;/h6-7,14,17-18H,2,5,8-13,15H2,1,3-4H3,(H2,21,22,23);1H. The number of rotatable bonds is 8. The number of aliphatic imine (C=N–C) groups is 1. The highest BCUT2D eigenvalue weighted by atomic mass is 127. The first kappa shape index (κ1) is 23.0. The lowest BCUT2D eigenvalue weighted by atomic mass is 10.0. The molecule has 1 saturated heterocycles.